The number of nitrogens with zero attached hydrogens (tertiary/aromatic N) is 1. The molecule has 5 rings (SSSR count). The van der Waals surface area contributed by atoms with Crippen LogP contribution in [0.2, 0.25) is 0 Å². The van der Waals surface area contributed by atoms with Gasteiger partial charge >= 0.3 is 6.16 Å². The third-order valence-electron chi connectivity index (χ3n) is 9.14. The van der Waals surface area contributed by atoms with Crippen molar-refractivity contribution in [3.8, 4) is 0 Å². The lowest BCUT2D eigenvalue weighted by molar-refractivity contribution is -0.432. The fourth-order valence-corrected chi connectivity index (χ4v) is 7.55. The predicted molar refractivity (Wildman–Crippen MR) is 129 cm³/mol. The number of aromatic nitrogens is 1. The number of carbonyl (C=O) groups is 1. The van der Waals surface area contributed by atoms with E-state index in [2.05, 4.69) is 43.1 Å². The summed E-state index contributed by atoms with van der Waals surface area (Å²) >= 11 is 0. The number of carbonyl (C=O) groups excluding carboxylic acids is 1. The predicted octanol–water partition coefficient (Wildman–Crippen LogP) is 3.75. The molecule has 9 heteroatoms. The smallest absolute Gasteiger partial charge is 0.508 e. The highest BCUT2D eigenvalue weighted by atomic mass is 31.2. The molecule has 4 unspecified atom stereocenters. The number of pyridine rings is 1. The Hall–Kier alpha value is -1.99. The van der Waals surface area contributed by atoms with Crippen molar-refractivity contribution in [2.24, 2.45) is 28.6 Å². The van der Waals surface area contributed by atoms with Crippen molar-refractivity contribution >= 4 is 19.6 Å². The largest absolute Gasteiger partial charge is 0.822 e. The van der Waals surface area contributed by atoms with Crippen LogP contribution < -0.4 is 14.7 Å². The topological polar surface area (TPSA) is 135 Å². The van der Waals surface area contributed by atoms with Crippen molar-refractivity contribution < 1.29 is 33.5 Å². The summed E-state index contributed by atoms with van der Waals surface area (Å²) in [5.41, 5.74) is 4.86. The van der Waals surface area contributed by atoms with Crippen molar-refractivity contribution in [2.45, 2.75) is 71.8 Å². The van der Waals surface area contributed by atoms with Crippen LogP contribution in [0.25, 0.3) is 5.57 Å². The molecule has 2 fully saturated rings. The minimum atomic E-state index is -5.39. The molecule has 0 amide bonds. The van der Waals surface area contributed by atoms with Gasteiger partial charge in [-0.25, -0.2) is 4.79 Å². The van der Waals surface area contributed by atoms with Crippen molar-refractivity contribution in [3.05, 3.63) is 47.8 Å². The van der Waals surface area contributed by atoms with Crippen LogP contribution in [0.4, 0.5) is 4.79 Å². The minimum absolute atomic E-state index is 0.0332. The molecule has 0 N–H and O–H groups in total. The molecule has 1 aromatic heterocycles. The van der Waals surface area contributed by atoms with Crippen LogP contribution in [0.15, 0.2) is 42.3 Å². The van der Waals surface area contributed by atoms with Crippen molar-refractivity contribution in [3.63, 3.8) is 0 Å². The van der Waals surface area contributed by atoms with Crippen LogP contribution in [0.3, 0.4) is 0 Å². The summed E-state index contributed by atoms with van der Waals surface area (Å²) in [7, 11) is -5.39. The Labute approximate surface area is 213 Å². The number of hydrogen-bond donors (Lipinski definition) is 0. The van der Waals surface area contributed by atoms with Gasteiger partial charge in [0.1, 0.15) is 6.10 Å². The maximum absolute atomic E-state index is 11.8. The second-order valence-electron chi connectivity index (χ2n) is 10.9. The summed E-state index contributed by atoms with van der Waals surface area (Å²) in [5, 5.41) is 0. The molecule has 6 atom stereocenters. The van der Waals surface area contributed by atoms with Crippen molar-refractivity contribution in [1.82, 2.24) is 4.98 Å². The van der Waals surface area contributed by atoms with Gasteiger partial charge in [-0.05, 0) is 91.2 Å². The Morgan fingerprint density at radius 3 is 2.50 bits per heavy atom. The normalized spacial score (nSPS) is 35.1. The first-order chi connectivity index (χ1) is 17.0. The van der Waals surface area contributed by atoms with E-state index in [4.69, 9.17) is 28.7 Å². The fraction of sp³-hybridized carbons (Fsp3) is 0.630. The van der Waals surface area contributed by atoms with Gasteiger partial charge in [-0.1, -0.05) is 37.6 Å². The highest BCUT2D eigenvalue weighted by Gasteiger charge is 2.57. The third-order valence-corrected chi connectivity index (χ3v) is 9.14. The lowest BCUT2D eigenvalue weighted by Gasteiger charge is -2.57. The maximum Gasteiger partial charge on any atom is 0.508 e. The molecule has 0 radical (unpaired) electrons. The average molecular weight is 517 g/mol. The average Bonchev–Trinajstić information content (AvgIpc) is 3.16. The zero-order valence-corrected chi connectivity index (χ0v) is 22.1. The monoisotopic (exact) mass is 516 g/mol. The Bertz CT molecular complexity index is 1060. The minimum Gasteiger partial charge on any atom is -0.822 e. The number of hydrogen-bond acceptors (Lipinski definition) is 8. The van der Waals surface area contributed by atoms with E-state index in [0.29, 0.717) is 12.5 Å². The highest BCUT2D eigenvalue weighted by molar-refractivity contribution is 7.40. The molecule has 0 aromatic carbocycles. The molecule has 1 heterocycles. The highest BCUT2D eigenvalue weighted by Crippen LogP contribution is 2.66. The molecule has 1 aromatic rings. The molecular weight excluding hydrogens is 481 g/mol. The summed E-state index contributed by atoms with van der Waals surface area (Å²) in [6, 6.07) is 4.29. The Morgan fingerprint density at radius 1 is 1.11 bits per heavy atom. The molecule has 0 spiro atoms. The third kappa shape index (κ3) is 5.47. The second-order valence-corrected chi connectivity index (χ2v) is 11.8. The fourth-order valence-electron chi connectivity index (χ4n) is 7.55. The van der Waals surface area contributed by atoms with E-state index in [0.717, 1.165) is 37.5 Å². The van der Waals surface area contributed by atoms with Crippen LogP contribution in [0.1, 0.15) is 71.3 Å². The molecule has 0 aliphatic heterocycles. The van der Waals surface area contributed by atoms with E-state index in [1.54, 1.807) is 0 Å². The van der Waals surface area contributed by atoms with Gasteiger partial charge < -0.3 is 28.7 Å². The van der Waals surface area contributed by atoms with Gasteiger partial charge in [-0.15, -0.1) is 0 Å². The van der Waals surface area contributed by atoms with E-state index in [9.17, 15) is 4.79 Å². The summed E-state index contributed by atoms with van der Waals surface area (Å²) in [4.78, 5) is 41.8. The van der Waals surface area contributed by atoms with Gasteiger partial charge in [-0.3, -0.25) is 4.98 Å². The molecule has 0 bridgehead atoms. The zero-order chi connectivity index (χ0) is 26.1. The number of rotatable bonds is 3. The molecule has 198 valence electrons. The Balaban J connectivity index is 0.000000556. The summed E-state index contributed by atoms with van der Waals surface area (Å²) in [5.74, 6) is 2.18. The quantitative estimate of drug-likeness (QED) is 0.337. The van der Waals surface area contributed by atoms with Crippen LogP contribution in [0, 0.1) is 28.6 Å². The van der Waals surface area contributed by atoms with E-state index in [1.165, 1.54) is 36.0 Å². The number of allylic oxidation sites excluding steroid dienone is 3. The van der Waals surface area contributed by atoms with E-state index in [-0.39, 0.29) is 16.9 Å². The molecule has 8 nitrogen and oxygen atoms in total. The molecule has 4 aliphatic carbocycles. The Kier molecular flexibility index (Phi) is 7.82. The van der Waals surface area contributed by atoms with Crippen molar-refractivity contribution in [1.29, 1.82) is 0 Å². The maximum atomic E-state index is 11.8. The van der Waals surface area contributed by atoms with Crippen LogP contribution in [-0.4, -0.2) is 23.9 Å². The van der Waals surface area contributed by atoms with Gasteiger partial charge in [0.2, 0.25) is 0 Å². The lowest BCUT2D eigenvalue weighted by atomic mass is 9.47. The molecule has 2 saturated carbocycles. The Morgan fingerprint density at radius 2 is 1.83 bits per heavy atom. The zero-order valence-electron chi connectivity index (χ0n) is 21.2. The molecule has 4 aliphatic rings. The summed E-state index contributed by atoms with van der Waals surface area (Å²) in [6.07, 6.45) is 16.2. The van der Waals surface area contributed by atoms with Gasteiger partial charge in [-0.2, -0.15) is 7.82 Å². The summed E-state index contributed by atoms with van der Waals surface area (Å²) in [6.45, 7) is 7.18. The number of phosphoric acid groups is 1. The van der Waals surface area contributed by atoms with Crippen LogP contribution in [-0.2, 0) is 14.0 Å². The lowest BCUT2D eigenvalue weighted by Crippen LogP contribution is -2.50. The first-order valence-electron chi connectivity index (χ1n) is 12.8. The summed E-state index contributed by atoms with van der Waals surface area (Å²) < 4.78 is 19.1. The van der Waals surface area contributed by atoms with Crippen molar-refractivity contribution in [2.75, 3.05) is 6.61 Å². The van der Waals surface area contributed by atoms with Crippen LogP contribution >= 0.6 is 7.82 Å². The number of fused-ring (bicyclic) bond motifs is 5. The number of ether oxygens (including phenoxy) is 2. The van der Waals surface area contributed by atoms with Crippen LogP contribution in [0.5, 0.6) is 0 Å². The SMILES string of the molecule is CCOC(=O)OC1CC[C@@]2(C)C(=CCC3C2CC[C@]2(C)C(c4cccnc4)=CCC32)C1.O=P([O-])([O-])[O-]. The van der Waals surface area contributed by atoms with E-state index >= 15 is 0 Å². The van der Waals surface area contributed by atoms with E-state index < -0.39 is 14.0 Å². The van der Waals surface area contributed by atoms with Gasteiger partial charge in [0.25, 0.3) is 0 Å². The first-order valence-corrected chi connectivity index (χ1v) is 14.3. The van der Waals surface area contributed by atoms with Gasteiger partial charge in [0.05, 0.1) is 6.61 Å². The van der Waals surface area contributed by atoms with Gasteiger partial charge in [0, 0.05) is 18.8 Å². The standard InChI is InChI=1S/C27H35NO3.H3O4P/c1-4-30-25(29)31-20-11-13-26(2)19(16-20)7-8-21-23-10-9-22(18-6-5-15-28-17-18)27(23,3)14-12-24(21)26;1-5(2,3)4/h5-7,9,15,17,20-21,23-24H,4,8,10-14,16H2,1-3H3;(H3,1,2,3,4)/p-3/t20?,21?,23?,24?,26-,27+;/m0./s1. The second kappa shape index (κ2) is 10.4. The molecular formula is C27H35NO7P-3. The van der Waals surface area contributed by atoms with E-state index in [1.807, 2.05) is 19.3 Å². The van der Waals surface area contributed by atoms with Gasteiger partial charge in [0.15, 0.2) is 0 Å². The molecule has 0 saturated heterocycles. The first kappa shape index (κ1) is 27.1. The molecule has 36 heavy (non-hydrogen) atoms.